The van der Waals surface area contributed by atoms with Crippen LogP contribution in [0.25, 0.3) is 0 Å². The lowest BCUT2D eigenvalue weighted by Crippen LogP contribution is -2.27. The Bertz CT molecular complexity index is 720. The minimum Gasteiger partial charge on any atom is -0.496 e. The summed E-state index contributed by atoms with van der Waals surface area (Å²) in [5, 5.41) is 5.16. The molecule has 0 saturated carbocycles. The Morgan fingerprint density at radius 2 is 2.09 bits per heavy atom. The Balaban J connectivity index is 1.80. The summed E-state index contributed by atoms with van der Waals surface area (Å²) in [6.45, 7) is 4.06. The van der Waals surface area contributed by atoms with E-state index in [1.807, 2.05) is 31.4 Å². The highest BCUT2D eigenvalue weighted by Gasteiger charge is 2.22. The van der Waals surface area contributed by atoms with Gasteiger partial charge in [0.1, 0.15) is 5.75 Å². The number of methoxy groups -OCH3 is 1. The summed E-state index contributed by atoms with van der Waals surface area (Å²) in [5.41, 5.74) is 4.31. The summed E-state index contributed by atoms with van der Waals surface area (Å²) in [6, 6.07) is 5.97. The molecule has 1 aliphatic carbocycles. The van der Waals surface area contributed by atoms with Gasteiger partial charge in [-0.15, -0.1) is 11.3 Å². The molecule has 1 unspecified atom stereocenters. The number of benzene rings is 1. The molecule has 2 aromatic rings. The molecule has 0 fully saturated rings. The highest BCUT2D eigenvalue weighted by Crippen LogP contribution is 2.31. The zero-order valence-corrected chi connectivity index (χ0v) is 14.8. The third-order valence-electron chi connectivity index (χ3n) is 4.51. The van der Waals surface area contributed by atoms with Crippen LogP contribution in [0.1, 0.15) is 57.7 Å². The molecule has 1 amide bonds. The van der Waals surface area contributed by atoms with Gasteiger partial charge in [-0.1, -0.05) is 17.7 Å². The molecule has 1 aliphatic rings. The van der Waals surface area contributed by atoms with E-state index in [2.05, 4.69) is 11.4 Å². The molecular formula is C19H23NO2S. The van der Waals surface area contributed by atoms with E-state index >= 15 is 0 Å². The van der Waals surface area contributed by atoms with Gasteiger partial charge in [-0.2, -0.15) is 0 Å². The topological polar surface area (TPSA) is 38.3 Å². The van der Waals surface area contributed by atoms with Gasteiger partial charge in [-0.25, -0.2) is 0 Å². The van der Waals surface area contributed by atoms with Crippen molar-refractivity contribution < 1.29 is 9.53 Å². The molecule has 3 nitrogen and oxygen atoms in total. The molecule has 1 heterocycles. The van der Waals surface area contributed by atoms with Crippen LogP contribution in [0.3, 0.4) is 0 Å². The van der Waals surface area contributed by atoms with Crippen LogP contribution >= 0.6 is 11.3 Å². The summed E-state index contributed by atoms with van der Waals surface area (Å²) >= 11 is 1.73. The summed E-state index contributed by atoms with van der Waals surface area (Å²) in [5.74, 6) is 0.844. The number of hydrogen-bond donors (Lipinski definition) is 1. The smallest absolute Gasteiger partial charge is 0.252 e. The molecule has 0 radical (unpaired) electrons. The molecule has 122 valence electrons. The fraction of sp³-hybridized carbons (Fsp3) is 0.421. The van der Waals surface area contributed by atoms with E-state index < -0.39 is 0 Å². The van der Waals surface area contributed by atoms with Crippen LogP contribution < -0.4 is 10.1 Å². The number of carbonyl (C=O) groups excluding carboxylic acids is 1. The Morgan fingerprint density at radius 1 is 1.30 bits per heavy atom. The number of fused-ring (bicyclic) bond motifs is 1. The average molecular weight is 329 g/mol. The van der Waals surface area contributed by atoms with Crippen LogP contribution in [0.15, 0.2) is 23.6 Å². The van der Waals surface area contributed by atoms with Crippen molar-refractivity contribution in [2.45, 2.75) is 45.6 Å². The maximum absolute atomic E-state index is 12.7. The van der Waals surface area contributed by atoms with E-state index in [-0.39, 0.29) is 11.9 Å². The quantitative estimate of drug-likeness (QED) is 0.901. The minimum atomic E-state index is -0.0866. The second-order valence-corrected chi connectivity index (χ2v) is 7.16. The molecule has 0 aliphatic heterocycles. The van der Waals surface area contributed by atoms with Gasteiger partial charge < -0.3 is 10.1 Å². The van der Waals surface area contributed by atoms with Gasteiger partial charge in [0.15, 0.2) is 0 Å². The van der Waals surface area contributed by atoms with Crippen LogP contribution in [-0.4, -0.2) is 13.0 Å². The molecule has 1 N–H and O–H groups in total. The summed E-state index contributed by atoms with van der Waals surface area (Å²) in [6.07, 6.45) is 4.58. The monoisotopic (exact) mass is 329 g/mol. The van der Waals surface area contributed by atoms with Crippen molar-refractivity contribution in [2.75, 3.05) is 7.11 Å². The molecule has 3 rings (SSSR count). The van der Waals surface area contributed by atoms with Gasteiger partial charge in [0.2, 0.25) is 0 Å². The normalized spacial score (nSPS) is 14.9. The van der Waals surface area contributed by atoms with Crippen LogP contribution in [0, 0.1) is 6.92 Å². The van der Waals surface area contributed by atoms with Crippen LogP contribution in [0.2, 0.25) is 0 Å². The molecule has 1 aromatic carbocycles. The number of aryl methyl sites for hydroxylation is 2. The fourth-order valence-corrected chi connectivity index (χ4v) is 4.35. The van der Waals surface area contributed by atoms with E-state index in [9.17, 15) is 4.79 Å². The zero-order valence-electron chi connectivity index (χ0n) is 13.9. The SMILES string of the molecule is COc1ccc(C)cc1C(C)NC(=O)c1csc2c1CCCC2. The van der Waals surface area contributed by atoms with E-state index in [0.717, 1.165) is 35.3 Å². The lowest BCUT2D eigenvalue weighted by molar-refractivity contribution is 0.0939. The third kappa shape index (κ3) is 3.27. The Hall–Kier alpha value is -1.81. The van der Waals surface area contributed by atoms with Gasteiger partial charge in [0.25, 0.3) is 5.91 Å². The molecular weight excluding hydrogens is 306 g/mol. The first kappa shape index (κ1) is 16.1. The predicted octanol–water partition coefficient (Wildman–Crippen LogP) is 4.43. The van der Waals surface area contributed by atoms with Crippen LogP contribution in [0.4, 0.5) is 0 Å². The van der Waals surface area contributed by atoms with E-state index in [1.165, 1.54) is 23.3 Å². The predicted molar refractivity (Wildman–Crippen MR) is 94.6 cm³/mol. The van der Waals surface area contributed by atoms with Gasteiger partial charge >= 0.3 is 0 Å². The van der Waals surface area contributed by atoms with Crippen molar-refractivity contribution in [1.82, 2.24) is 5.32 Å². The van der Waals surface area contributed by atoms with Crippen molar-refractivity contribution >= 4 is 17.2 Å². The van der Waals surface area contributed by atoms with Crippen molar-refractivity contribution in [3.63, 3.8) is 0 Å². The van der Waals surface area contributed by atoms with Crippen molar-refractivity contribution in [2.24, 2.45) is 0 Å². The lowest BCUT2D eigenvalue weighted by atomic mass is 9.95. The molecule has 0 saturated heterocycles. The van der Waals surface area contributed by atoms with E-state index in [4.69, 9.17) is 4.74 Å². The first-order chi connectivity index (χ1) is 11.1. The van der Waals surface area contributed by atoms with Gasteiger partial charge in [-0.3, -0.25) is 4.79 Å². The van der Waals surface area contributed by atoms with Crippen molar-refractivity contribution in [3.8, 4) is 5.75 Å². The van der Waals surface area contributed by atoms with Crippen LogP contribution in [0.5, 0.6) is 5.75 Å². The van der Waals surface area contributed by atoms with E-state index in [0.29, 0.717) is 0 Å². The number of rotatable bonds is 4. The second-order valence-electron chi connectivity index (χ2n) is 6.20. The first-order valence-electron chi connectivity index (χ1n) is 8.14. The molecule has 0 bridgehead atoms. The standard InChI is InChI=1S/C19H23NO2S/c1-12-8-9-17(22-3)15(10-12)13(2)20-19(21)16-11-23-18-7-5-4-6-14(16)18/h8-11,13H,4-7H2,1-3H3,(H,20,21). The molecule has 4 heteroatoms. The molecule has 23 heavy (non-hydrogen) atoms. The highest BCUT2D eigenvalue weighted by atomic mass is 32.1. The molecule has 0 spiro atoms. The number of thiophene rings is 1. The van der Waals surface area contributed by atoms with Crippen molar-refractivity contribution in [3.05, 3.63) is 50.7 Å². The summed E-state index contributed by atoms with van der Waals surface area (Å²) in [4.78, 5) is 14.1. The number of amides is 1. The van der Waals surface area contributed by atoms with E-state index in [1.54, 1.807) is 18.4 Å². The maximum atomic E-state index is 12.7. The maximum Gasteiger partial charge on any atom is 0.252 e. The average Bonchev–Trinajstić information content (AvgIpc) is 2.98. The largest absolute Gasteiger partial charge is 0.496 e. The zero-order chi connectivity index (χ0) is 16.4. The summed E-state index contributed by atoms with van der Waals surface area (Å²) in [7, 11) is 1.66. The fourth-order valence-electron chi connectivity index (χ4n) is 3.23. The van der Waals surface area contributed by atoms with Gasteiger partial charge in [0.05, 0.1) is 18.7 Å². The number of ether oxygens (including phenoxy) is 1. The number of nitrogens with one attached hydrogen (secondary N) is 1. The molecule has 1 atom stereocenters. The van der Waals surface area contributed by atoms with Gasteiger partial charge in [-0.05, 0) is 51.2 Å². The first-order valence-corrected chi connectivity index (χ1v) is 9.02. The highest BCUT2D eigenvalue weighted by molar-refractivity contribution is 7.10. The van der Waals surface area contributed by atoms with Crippen LogP contribution in [-0.2, 0) is 12.8 Å². The van der Waals surface area contributed by atoms with Gasteiger partial charge in [0, 0.05) is 15.8 Å². The lowest BCUT2D eigenvalue weighted by Gasteiger charge is -2.19. The summed E-state index contributed by atoms with van der Waals surface area (Å²) < 4.78 is 5.44. The number of carbonyl (C=O) groups is 1. The third-order valence-corrected chi connectivity index (χ3v) is 5.59. The Kier molecular flexibility index (Phi) is 4.71. The number of hydrogen-bond acceptors (Lipinski definition) is 3. The Morgan fingerprint density at radius 3 is 2.87 bits per heavy atom. The van der Waals surface area contributed by atoms with Crippen molar-refractivity contribution in [1.29, 1.82) is 0 Å². The molecule has 1 aromatic heterocycles. The second kappa shape index (κ2) is 6.75. The Labute approximate surface area is 141 Å². The minimum absolute atomic E-state index is 0.0282.